The van der Waals surface area contributed by atoms with Gasteiger partial charge in [-0.25, -0.2) is 4.79 Å². The number of rotatable bonds is 4. The van der Waals surface area contributed by atoms with Gasteiger partial charge in [-0.15, -0.1) is 5.10 Å². The van der Waals surface area contributed by atoms with Gasteiger partial charge in [-0.1, -0.05) is 17.7 Å². The predicted molar refractivity (Wildman–Crippen MR) is 130 cm³/mol. The molecule has 4 heterocycles. The molecule has 2 aromatic rings. The number of amides is 1. The highest BCUT2D eigenvalue weighted by molar-refractivity contribution is 6.30. The molecular weight excluding hydrogens is 440 g/mol. The van der Waals surface area contributed by atoms with Gasteiger partial charge >= 0.3 is 6.03 Å². The van der Waals surface area contributed by atoms with Gasteiger partial charge in [-0.3, -0.25) is 4.90 Å². The lowest BCUT2D eigenvalue weighted by Gasteiger charge is -2.45. The maximum absolute atomic E-state index is 12.9. The summed E-state index contributed by atoms with van der Waals surface area (Å²) in [5.74, 6) is 0.706. The number of benzene rings is 1. The molecule has 3 aliphatic rings. The number of hydrogen-bond donors (Lipinski definition) is 1. The fourth-order valence-electron chi connectivity index (χ4n) is 5.61. The molecule has 1 spiro atoms. The maximum Gasteiger partial charge on any atom is 0.344 e. The number of carbonyl (C=O) groups excluding carboxylic acids is 1. The molecule has 8 nitrogen and oxygen atoms in total. The first-order chi connectivity index (χ1) is 16.1. The number of ether oxygens (including phenoxy) is 1. The Morgan fingerprint density at radius 3 is 2.64 bits per heavy atom. The van der Waals surface area contributed by atoms with Crippen LogP contribution >= 0.6 is 11.6 Å². The number of morpholine rings is 1. The first kappa shape index (κ1) is 22.5. The van der Waals surface area contributed by atoms with Gasteiger partial charge in [0.05, 0.1) is 13.2 Å². The van der Waals surface area contributed by atoms with Crippen LogP contribution in [0.4, 0.5) is 16.3 Å². The molecule has 0 aliphatic carbocycles. The molecule has 0 bridgehead atoms. The Balaban J connectivity index is 1.28. The van der Waals surface area contributed by atoms with E-state index in [1.807, 2.05) is 24.1 Å². The van der Waals surface area contributed by atoms with Crippen molar-refractivity contribution in [2.75, 3.05) is 63.2 Å². The van der Waals surface area contributed by atoms with Crippen LogP contribution in [-0.4, -0.2) is 84.1 Å². The van der Waals surface area contributed by atoms with Crippen molar-refractivity contribution in [1.82, 2.24) is 19.6 Å². The average Bonchev–Trinajstić information content (AvgIpc) is 3.48. The molecule has 33 heavy (non-hydrogen) atoms. The molecule has 3 saturated heterocycles. The van der Waals surface area contributed by atoms with E-state index in [0.717, 1.165) is 70.3 Å². The van der Waals surface area contributed by atoms with Gasteiger partial charge in [0.2, 0.25) is 0 Å². The minimum Gasteiger partial charge on any atom is -0.378 e. The zero-order valence-corrected chi connectivity index (χ0v) is 20.1. The first-order valence-corrected chi connectivity index (χ1v) is 12.3. The second-order valence-electron chi connectivity index (χ2n) is 9.29. The smallest absolute Gasteiger partial charge is 0.344 e. The molecule has 3 fully saturated rings. The normalized spacial score (nSPS) is 21.0. The van der Waals surface area contributed by atoms with Gasteiger partial charge in [0.25, 0.3) is 0 Å². The maximum atomic E-state index is 12.9. The number of hydrogen-bond acceptors (Lipinski definition) is 6. The number of nitrogens with one attached hydrogen (secondary N) is 1. The standard InChI is InChI=1S/C24H33ClN6O2/c1-26-22-5-10-31(27-22)23(32)29-11-7-24(8-12-29)6-2-9-30(24)18-19-3-4-20(25)17-21(19)28-13-15-33-16-14-28/h3-5,10,17H,2,6-9,11-16,18H2,1H3,(H,26,27). The number of nitrogens with zero attached hydrogens (tertiary/aromatic N) is 5. The molecule has 0 radical (unpaired) electrons. The summed E-state index contributed by atoms with van der Waals surface area (Å²) < 4.78 is 7.00. The summed E-state index contributed by atoms with van der Waals surface area (Å²) in [6, 6.07) is 8.09. The molecule has 0 saturated carbocycles. The topological polar surface area (TPSA) is 65.9 Å². The van der Waals surface area contributed by atoms with Crippen LogP contribution in [0.15, 0.2) is 30.5 Å². The predicted octanol–water partition coefficient (Wildman–Crippen LogP) is 3.51. The third-order valence-corrected chi connectivity index (χ3v) is 7.74. The fraction of sp³-hybridized carbons (Fsp3) is 0.583. The van der Waals surface area contributed by atoms with Crippen LogP contribution < -0.4 is 10.2 Å². The van der Waals surface area contributed by atoms with E-state index >= 15 is 0 Å². The summed E-state index contributed by atoms with van der Waals surface area (Å²) in [4.78, 5) is 19.9. The quantitative estimate of drug-likeness (QED) is 0.734. The van der Waals surface area contributed by atoms with E-state index in [1.54, 1.807) is 6.20 Å². The van der Waals surface area contributed by atoms with E-state index in [9.17, 15) is 4.79 Å². The summed E-state index contributed by atoms with van der Waals surface area (Å²) in [7, 11) is 1.81. The van der Waals surface area contributed by atoms with Crippen LogP contribution in [0, 0.1) is 0 Å². The minimum absolute atomic E-state index is 0.0387. The van der Waals surface area contributed by atoms with Crippen LogP contribution in [0.5, 0.6) is 0 Å². The Bertz CT molecular complexity index is 981. The van der Waals surface area contributed by atoms with Crippen molar-refractivity contribution in [2.45, 2.75) is 37.8 Å². The third-order valence-electron chi connectivity index (χ3n) is 7.51. The number of halogens is 1. The van der Waals surface area contributed by atoms with Crippen molar-refractivity contribution in [3.05, 3.63) is 41.0 Å². The summed E-state index contributed by atoms with van der Waals surface area (Å²) in [5.41, 5.74) is 2.73. The minimum atomic E-state index is -0.0387. The zero-order chi connectivity index (χ0) is 22.8. The molecule has 0 atom stereocenters. The molecule has 9 heteroatoms. The lowest BCUT2D eigenvalue weighted by Crippen LogP contribution is -2.53. The van der Waals surface area contributed by atoms with Crippen LogP contribution in [-0.2, 0) is 11.3 Å². The molecule has 5 rings (SSSR count). The van der Waals surface area contributed by atoms with E-state index in [2.05, 4.69) is 32.3 Å². The van der Waals surface area contributed by atoms with Gasteiger partial charge in [-0.05, 0) is 49.9 Å². The Kier molecular flexibility index (Phi) is 6.49. The van der Waals surface area contributed by atoms with Gasteiger partial charge < -0.3 is 19.9 Å². The van der Waals surface area contributed by atoms with Crippen molar-refractivity contribution in [3.63, 3.8) is 0 Å². The molecule has 1 aromatic carbocycles. The van der Waals surface area contributed by atoms with Gasteiger partial charge in [-0.2, -0.15) is 4.68 Å². The molecule has 1 N–H and O–H groups in total. The van der Waals surface area contributed by atoms with E-state index in [0.29, 0.717) is 5.82 Å². The number of piperidine rings is 1. The SMILES string of the molecule is CNc1ccn(C(=O)N2CCC3(CCCN3Cc3ccc(Cl)cc3N3CCOCC3)CC2)n1. The van der Waals surface area contributed by atoms with Crippen LogP contribution in [0.1, 0.15) is 31.2 Å². The number of likely N-dealkylation sites (tertiary alicyclic amines) is 2. The van der Waals surface area contributed by atoms with Crippen LogP contribution in [0.3, 0.4) is 0 Å². The van der Waals surface area contributed by atoms with E-state index in [-0.39, 0.29) is 11.6 Å². The van der Waals surface area contributed by atoms with E-state index in [4.69, 9.17) is 16.3 Å². The summed E-state index contributed by atoms with van der Waals surface area (Å²) in [6.45, 7) is 6.87. The highest BCUT2D eigenvalue weighted by Gasteiger charge is 2.44. The Morgan fingerprint density at radius 2 is 1.91 bits per heavy atom. The van der Waals surface area contributed by atoms with Crippen molar-refractivity contribution in [1.29, 1.82) is 0 Å². The summed E-state index contributed by atoms with van der Waals surface area (Å²) in [6.07, 6.45) is 6.13. The highest BCUT2D eigenvalue weighted by Crippen LogP contribution is 2.40. The molecule has 178 valence electrons. The van der Waals surface area contributed by atoms with Crippen molar-refractivity contribution in [3.8, 4) is 0 Å². The van der Waals surface area contributed by atoms with Gasteiger partial charge in [0, 0.05) is 68.3 Å². The molecule has 1 aromatic heterocycles. The van der Waals surface area contributed by atoms with Crippen molar-refractivity contribution in [2.24, 2.45) is 0 Å². The summed E-state index contributed by atoms with van der Waals surface area (Å²) >= 11 is 6.38. The number of aromatic nitrogens is 2. The molecular formula is C24H33ClN6O2. The average molecular weight is 473 g/mol. The Morgan fingerprint density at radius 1 is 1.12 bits per heavy atom. The molecule has 0 unspecified atom stereocenters. The van der Waals surface area contributed by atoms with Gasteiger partial charge in [0.15, 0.2) is 0 Å². The largest absolute Gasteiger partial charge is 0.378 e. The highest BCUT2D eigenvalue weighted by atomic mass is 35.5. The third kappa shape index (κ3) is 4.56. The van der Waals surface area contributed by atoms with Crippen molar-refractivity contribution < 1.29 is 9.53 Å². The van der Waals surface area contributed by atoms with Gasteiger partial charge in [0.1, 0.15) is 5.82 Å². The monoisotopic (exact) mass is 472 g/mol. The molecule has 1 amide bonds. The number of carbonyl (C=O) groups is 1. The lowest BCUT2D eigenvalue weighted by molar-refractivity contribution is 0.0584. The van der Waals surface area contributed by atoms with E-state index < -0.39 is 0 Å². The lowest BCUT2D eigenvalue weighted by atomic mass is 9.84. The zero-order valence-electron chi connectivity index (χ0n) is 19.3. The fourth-order valence-corrected chi connectivity index (χ4v) is 5.77. The molecule has 3 aliphatic heterocycles. The second kappa shape index (κ2) is 9.52. The first-order valence-electron chi connectivity index (χ1n) is 12.0. The summed E-state index contributed by atoms with van der Waals surface area (Å²) in [5, 5.41) is 8.06. The van der Waals surface area contributed by atoms with Crippen LogP contribution in [0.2, 0.25) is 5.02 Å². The number of anilines is 2. The van der Waals surface area contributed by atoms with E-state index in [1.165, 1.54) is 28.8 Å². The Labute approximate surface area is 200 Å². The Hall–Kier alpha value is -2.29. The second-order valence-corrected chi connectivity index (χ2v) is 9.72. The van der Waals surface area contributed by atoms with Crippen LogP contribution in [0.25, 0.3) is 0 Å². The van der Waals surface area contributed by atoms with Crippen molar-refractivity contribution >= 4 is 29.1 Å².